The summed E-state index contributed by atoms with van der Waals surface area (Å²) < 4.78 is 32.2. The van der Waals surface area contributed by atoms with Crippen molar-refractivity contribution in [2.24, 2.45) is 0 Å². The zero-order valence-corrected chi connectivity index (χ0v) is 13.0. The number of sulfonamides is 1. The molecule has 0 bridgehead atoms. The van der Waals surface area contributed by atoms with Crippen molar-refractivity contribution in [2.45, 2.75) is 31.3 Å². The topological polar surface area (TPSA) is 119 Å². The molecule has 4 N–H and O–H groups in total. The van der Waals surface area contributed by atoms with Crippen LogP contribution in [0, 0.1) is 0 Å². The molecule has 0 aliphatic carbocycles. The lowest BCUT2D eigenvalue weighted by Gasteiger charge is -2.25. The van der Waals surface area contributed by atoms with E-state index in [1.807, 2.05) is 6.92 Å². The van der Waals surface area contributed by atoms with Gasteiger partial charge in [-0.3, -0.25) is 0 Å². The zero-order chi connectivity index (χ0) is 16.3. The molecule has 0 atom stereocenters. The summed E-state index contributed by atoms with van der Waals surface area (Å²) in [7, 11) is -3.83. The summed E-state index contributed by atoms with van der Waals surface area (Å²) in [6.45, 7) is 5.87. The standard InChI is InChI=1S/C13H20N2O5S/c1-4-20-13(2,3)8-15-21(18,19)11-6-5-9(12(16)17)7-10(11)14/h5-7,15H,4,8,14H2,1-3H3,(H,16,17). The van der Waals surface area contributed by atoms with Gasteiger partial charge in [-0.05, 0) is 39.0 Å². The zero-order valence-electron chi connectivity index (χ0n) is 12.2. The van der Waals surface area contributed by atoms with Crippen molar-refractivity contribution < 1.29 is 23.1 Å². The number of benzene rings is 1. The fourth-order valence-electron chi connectivity index (χ4n) is 1.71. The van der Waals surface area contributed by atoms with E-state index in [4.69, 9.17) is 15.6 Å². The molecule has 1 rings (SSSR count). The lowest BCUT2D eigenvalue weighted by atomic mass is 10.1. The number of rotatable bonds is 7. The molecule has 0 radical (unpaired) electrons. The molecule has 0 heterocycles. The van der Waals surface area contributed by atoms with Gasteiger partial charge in [0, 0.05) is 13.2 Å². The Kier molecular flexibility index (Phi) is 5.32. The van der Waals surface area contributed by atoms with Crippen molar-refractivity contribution in [1.82, 2.24) is 4.72 Å². The van der Waals surface area contributed by atoms with E-state index in [0.29, 0.717) is 6.61 Å². The minimum Gasteiger partial charge on any atom is -0.478 e. The summed E-state index contributed by atoms with van der Waals surface area (Å²) in [4.78, 5) is 10.7. The summed E-state index contributed by atoms with van der Waals surface area (Å²) in [6.07, 6.45) is 0. The minimum atomic E-state index is -3.83. The Balaban J connectivity index is 2.96. The highest BCUT2D eigenvalue weighted by Gasteiger charge is 2.24. The predicted octanol–water partition coefficient (Wildman–Crippen LogP) is 1.06. The second-order valence-electron chi connectivity index (χ2n) is 5.08. The van der Waals surface area contributed by atoms with Crippen molar-refractivity contribution in [3.8, 4) is 0 Å². The summed E-state index contributed by atoms with van der Waals surface area (Å²) in [6, 6.07) is 3.49. The SMILES string of the molecule is CCOC(C)(C)CNS(=O)(=O)c1ccc(C(=O)O)cc1N. The number of hydrogen-bond acceptors (Lipinski definition) is 5. The normalized spacial score (nSPS) is 12.3. The largest absolute Gasteiger partial charge is 0.478 e. The summed E-state index contributed by atoms with van der Waals surface area (Å²) >= 11 is 0. The summed E-state index contributed by atoms with van der Waals surface area (Å²) in [5.74, 6) is -1.17. The highest BCUT2D eigenvalue weighted by Crippen LogP contribution is 2.20. The third-order valence-electron chi connectivity index (χ3n) is 2.77. The van der Waals surface area contributed by atoms with Gasteiger partial charge in [-0.1, -0.05) is 0 Å². The fraction of sp³-hybridized carbons (Fsp3) is 0.462. The Bertz CT molecular complexity index is 625. The van der Waals surface area contributed by atoms with Gasteiger partial charge in [0.05, 0.1) is 16.9 Å². The lowest BCUT2D eigenvalue weighted by molar-refractivity contribution is -0.00515. The molecule has 0 aromatic heterocycles. The van der Waals surface area contributed by atoms with E-state index in [9.17, 15) is 13.2 Å². The molecule has 0 saturated heterocycles. The Hall–Kier alpha value is -1.64. The van der Waals surface area contributed by atoms with E-state index in [1.165, 1.54) is 12.1 Å². The molecule has 0 amide bonds. The van der Waals surface area contributed by atoms with E-state index in [-0.39, 0.29) is 22.7 Å². The van der Waals surface area contributed by atoms with Crippen LogP contribution in [0.2, 0.25) is 0 Å². The molecule has 8 heteroatoms. The van der Waals surface area contributed by atoms with Gasteiger partial charge < -0.3 is 15.6 Å². The molecule has 21 heavy (non-hydrogen) atoms. The molecular formula is C13H20N2O5S. The van der Waals surface area contributed by atoms with Crippen LogP contribution < -0.4 is 10.5 Å². The van der Waals surface area contributed by atoms with Gasteiger partial charge in [-0.15, -0.1) is 0 Å². The van der Waals surface area contributed by atoms with Crippen LogP contribution in [0.15, 0.2) is 23.1 Å². The van der Waals surface area contributed by atoms with Crippen LogP contribution in [0.4, 0.5) is 5.69 Å². The van der Waals surface area contributed by atoms with E-state index < -0.39 is 21.6 Å². The van der Waals surface area contributed by atoms with E-state index >= 15 is 0 Å². The van der Waals surface area contributed by atoms with Crippen LogP contribution in [0.3, 0.4) is 0 Å². The lowest BCUT2D eigenvalue weighted by Crippen LogP contribution is -2.40. The third kappa shape index (κ3) is 4.69. The number of carboxylic acids is 1. The molecular weight excluding hydrogens is 296 g/mol. The van der Waals surface area contributed by atoms with Gasteiger partial charge in [0.2, 0.25) is 10.0 Å². The van der Waals surface area contributed by atoms with Crippen molar-refractivity contribution in [3.63, 3.8) is 0 Å². The Labute approximate surface area is 124 Å². The van der Waals surface area contributed by atoms with Crippen LogP contribution in [-0.4, -0.2) is 38.2 Å². The van der Waals surface area contributed by atoms with E-state index in [2.05, 4.69) is 4.72 Å². The average molecular weight is 316 g/mol. The van der Waals surface area contributed by atoms with Crippen molar-refractivity contribution in [2.75, 3.05) is 18.9 Å². The molecule has 0 aliphatic heterocycles. The third-order valence-corrected chi connectivity index (χ3v) is 4.24. The van der Waals surface area contributed by atoms with E-state index in [0.717, 1.165) is 6.07 Å². The number of carbonyl (C=O) groups is 1. The first kappa shape index (κ1) is 17.4. The minimum absolute atomic E-state index is 0.0684. The molecule has 7 nitrogen and oxygen atoms in total. The van der Waals surface area contributed by atoms with Gasteiger partial charge in [0.1, 0.15) is 4.90 Å². The second kappa shape index (κ2) is 6.42. The molecule has 0 fully saturated rings. The van der Waals surface area contributed by atoms with Gasteiger partial charge in [0.25, 0.3) is 0 Å². The maximum atomic E-state index is 12.2. The maximum Gasteiger partial charge on any atom is 0.335 e. The number of carboxylic acid groups (broad SMARTS) is 1. The van der Waals surface area contributed by atoms with Crippen molar-refractivity contribution in [3.05, 3.63) is 23.8 Å². The first-order valence-corrected chi connectivity index (χ1v) is 7.84. The number of nitrogens with one attached hydrogen (secondary N) is 1. The Morgan fingerprint density at radius 1 is 1.43 bits per heavy atom. The van der Waals surface area contributed by atoms with Gasteiger partial charge in [0.15, 0.2) is 0 Å². The number of nitrogen functional groups attached to an aromatic ring is 1. The highest BCUT2D eigenvalue weighted by molar-refractivity contribution is 7.89. The molecule has 1 aromatic rings. The summed E-state index contributed by atoms with van der Waals surface area (Å²) in [5.41, 5.74) is 4.79. The van der Waals surface area contributed by atoms with Gasteiger partial charge in [-0.25, -0.2) is 17.9 Å². The number of nitrogens with two attached hydrogens (primary N) is 1. The van der Waals surface area contributed by atoms with Crippen LogP contribution in [-0.2, 0) is 14.8 Å². The van der Waals surface area contributed by atoms with E-state index in [1.54, 1.807) is 13.8 Å². The number of ether oxygens (including phenoxy) is 1. The second-order valence-corrected chi connectivity index (χ2v) is 6.81. The first-order chi connectivity index (χ1) is 9.59. The smallest absolute Gasteiger partial charge is 0.335 e. The fourth-order valence-corrected chi connectivity index (χ4v) is 3.02. The number of anilines is 1. The van der Waals surface area contributed by atoms with Crippen LogP contribution in [0.1, 0.15) is 31.1 Å². The predicted molar refractivity (Wildman–Crippen MR) is 78.7 cm³/mol. The maximum absolute atomic E-state index is 12.2. The molecule has 118 valence electrons. The van der Waals surface area contributed by atoms with Crippen molar-refractivity contribution in [1.29, 1.82) is 0 Å². The molecule has 0 aliphatic rings. The van der Waals surface area contributed by atoms with Gasteiger partial charge in [-0.2, -0.15) is 0 Å². The molecule has 1 aromatic carbocycles. The average Bonchev–Trinajstić information content (AvgIpc) is 2.36. The monoisotopic (exact) mass is 316 g/mol. The molecule has 0 spiro atoms. The quantitative estimate of drug-likeness (QED) is 0.647. The first-order valence-electron chi connectivity index (χ1n) is 6.35. The van der Waals surface area contributed by atoms with Crippen LogP contribution in [0.5, 0.6) is 0 Å². The van der Waals surface area contributed by atoms with Crippen molar-refractivity contribution >= 4 is 21.7 Å². The molecule has 0 unspecified atom stereocenters. The van der Waals surface area contributed by atoms with Crippen LogP contribution in [0.25, 0.3) is 0 Å². The highest BCUT2D eigenvalue weighted by atomic mass is 32.2. The van der Waals surface area contributed by atoms with Crippen LogP contribution >= 0.6 is 0 Å². The van der Waals surface area contributed by atoms with Gasteiger partial charge >= 0.3 is 5.97 Å². The Morgan fingerprint density at radius 3 is 2.52 bits per heavy atom. The number of aromatic carboxylic acids is 1. The molecule has 0 saturated carbocycles. The number of hydrogen-bond donors (Lipinski definition) is 3. The summed E-state index contributed by atoms with van der Waals surface area (Å²) in [5, 5.41) is 8.83. The Morgan fingerprint density at radius 2 is 2.05 bits per heavy atom.